The molecule has 0 fully saturated rings. The monoisotopic (exact) mass is 241 g/mol. The minimum atomic E-state index is -0.485. The SMILES string of the molecule is Cc1cccc(C(=O)c2ccc([N+](=O)[O-])cc2)c1. The average molecular weight is 241 g/mol. The molecule has 0 atom stereocenters. The van der Waals surface area contributed by atoms with Crippen molar-refractivity contribution in [3.63, 3.8) is 0 Å². The Morgan fingerprint density at radius 1 is 1.06 bits per heavy atom. The van der Waals surface area contributed by atoms with Gasteiger partial charge in [0.15, 0.2) is 5.78 Å². The first kappa shape index (κ1) is 12.0. The second kappa shape index (κ2) is 4.79. The minimum absolute atomic E-state index is 0.0178. The highest BCUT2D eigenvalue weighted by atomic mass is 16.6. The highest BCUT2D eigenvalue weighted by molar-refractivity contribution is 6.09. The number of nitro groups is 1. The summed E-state index contributed by atoms with van der Waals surface area (Å²) in [6, 6.07) is 12.9. The Bertz CT molecular complexity index is 603. The lowest BCUT2D eigenvalue weighted by atomic mass is 10.0. The summed E-state index contributed by atoms with van der Waals surface area (Å²) in [5.41, 5.74) is 2.02. The van der Waals surface area contributed by atoms with Crippen LogP contribution in [0.25, 0.3) is 0 Å². The van der Waals surface area contributed by atoms with Gasteiger partial charge in [-0.25, -0.2) is 0 Å². The number of nitro benzene ring substituents is 1. The quantitative estimate of drug-likeness (QED) is 0.471. The van der Waals surface area contributed by atoms with Crippen LogP contribution in [0.4, 0.5) is 5.69 Å². The fourth-order valence-corrected chi connectivity index (χ4v) is 1.69. The van der Waals surface area contributed by atoms with Gasteiger partial charge in [0.05, 0.1) is 4.92 Å². The van der Waals surface area contributed by atoms with Crippen LogP contribution in [-0.2, 0) is 0 Å². The molecule has 90 valence electrons. The summed E-state index contributed by atoms with van der Waals surface area (Å²) in [7, 11) is 0. The fourth-order valence-electron chi connectivity index (χ4n) is 1.69. The minimum Gasteiger partial charge on any atom is -0.289 e. The van der Waals surface area contributed by atoms with Gasteiger partial charge in [0.1, 0.15) is 0 Å². The molecule has 0 saturated heterocycles. The number of hydrogen-bond donors (Lipinski definition) is 0. The molecule has 0 unspecified atom stereocenters. The van der Waals surface area contributed by atoms with E-state index in [0.717, 1.165) is 5.56 Å². The zero-order chi connectivity index (χ0) is 13.1. The molecule has 0 spiro atoms. The Morgan fingerprint density at radius 3 is 2.28 bits per heavy atom. The van der Waals surface area contributed by atoms with Crippen molar-refractivity contribution >= 4 is 11.5 Å². The molecule has 18 heavy (non-hydrogen) atoms. The number of rotatable bonds is 3. The first-order valence-corrected chi connectivity index (χ1v) is 5.44. The number of aryl methyl sites for hydroxylation is 1. The molecule has 0 aliphatic heterocycles. The molecule has 0 aromatic heterocycles. The Morgan fingerprint density at radius 2 is 1.72 bits per heavy atom. The summed E-state index contributed by atoms with van der Waals surface area (Å²) >= 11 is 0. The lowest BCUT2D eigenvalue weighted by Crippen LogP contribution is -2.01. The van der Waals surface area contributed by atoms with Crippen molar-refractivity contribution in [1.29, 1.82) is 0 Å². The molecule has 0 aliphatic rings. The number of benzene rings is 2. The molecule has 2 aromatic carbocycles. The molecule has 0 heterocycles. The van der Waals surface area contributed by atoms with Gasteiger partial charge in [-0.2, -0.15) is 0 Å². The molecule has 0 amide bonds. The fraction of sp³-hybridized carbons (Fsp3) is 0.0714. The van der Waals surface area contributed by atoms with Gasteiger partial charge in [-0.05, 0) is 25.1 Å². The van der Waals surface area contributed by atoms with Crippen molar-refractivity contribution in [2.24, 2.45) is 0 Å². The maximum atomic E-state index is 12.1. The third-order valence-electron chi connectivity index (χ3n) is 2.62. The van der Waals surface area contributed by atoms with E-state index < -0.39 is 4.92 Å². The van der Waals surface area contributed by atoms with Crippen LogP contribution in [0.2, 0.25) is 0 Å². The van der Waals surface area contributed by atoms with E-state index in [4.69, 9.17) is 0 Å². The standard InChI is InChI=1S/C14H11NO3/c1-10-3-2-4-12(9-10)14(16)11-5-7-13(8-6-11)15(17)18/h2-9H,1H3. The summed E-state index contributed by atoms with van der Waals surface area (Å²) < 4.78 is 0. The number of carbonyl (C=O) groups is 1. The van der Waals surface area contributed by atoms with Crippen LogP contribution in [-0.4, -0.2) is 10.7 Å². The van der Waals surface area contributed by atoms with Gasteiger partial charge in [-0.3, -0.25) is 14.9 Å². The van der Waals surface area contributed by atoms with Gasteiger partial charge in [0, 0.05) is 23.3 Å². The molecule has 0 N–H and O–H groups in total. The largest absolute Gasteiger partial charge is 0.289 e. The lowest BCUT2D eigenvalue weighted by molar-refractivity contribution is -0.384. The van der Waals surface area contributed by atoms with Gasteiger partial charge in [0.2, 0.25) is 0 Å². The van der Waals surface area contributed by atoms with Crippen LogP contribution < -0.4 is 0 Å². The lowest BCUT2D eigenvalue weighted by Gasteiger charge is -2.02. The van der Waals surface area contributed by atoms with Crippen molar-refractivity contribution < 1.29 is 9.72 Å². The summed E-state index contributed by atoms with van der Waals surface area (Å²) in [4.78, 5) is 22.1. The smallest absolute Gasteiger partial charge is 0.269 e. The predicted octanol–water partition coefficient (Wildman–Crippen LogP) is 3.13. The zero-order valence-electron chi connectivity index (χ0n) is 9.79. The summed E-state index contributed by atoms with van der Waals surface area (Å²) in [5, 5.41) is 10.5. The number of non-ortho nitro benzene ring substituents is 1. The van der Waals surface area contributed by atoms with Crippen LogP contribution in [0.3, 0.4) is 0 Å². The average Bonchev–Trinajstić information content (AvgIpc) is 2.38. The zero-order valence-corrected chi connectivity index (χ0v) is 9.79. The van der Waals surface area contributed by atoms with Gasteiger partial charge in [-0.15, -0.1) is 0 Å². The first-order chi connectivity index (χ1) is 8.58. The molecule has 0 saturated carbocycles. The Balaban J connectivity index is 2.32. The molecule has 2 rings (SSSR count). The van der Waals surface area contributed by atoms with E-state index >= 15 is 0 Å². The third kappa shape index (κ3) is 2.43. The van der Waals surface area contributed by atoms with E-state index in [1.165, 1.54) is 24.3 Å². The summed E-state index contributed by atoms with van der Waals surface area (Å²) in [6.45, 7) is 1.91. The predicted molar refractivity (Wildman–Crippen MR) is 67.7 cm³/mol. The second-order valence-electron chi connectivity index (χ2n) is 4.00. The molecular weight excluding hydrogens is 230 g/mol. The van der Waals surface area contributed by atoms with E-state index in [0.29, 0.717) is 11.1 Å². The molecule has 4 heteroatoms. The number of ketones is 1. The van der Waals surface area contributed by atoms with E-state index in [1.807, 2.05) is 19.1 Å². The van der Waals surface area contributed by atoms with Crippen molar-refractivity contribution in [2.45, 2.75) is 6.92 Å². The van der Waals surface area contributed by atoms with Crippen LogP contribution in [0.1, 0.15) is 21.5 Å². The molecule has 4 nitrogen and oxygen atoms in total. The maximum absolute atomic E-state index is 12.1. The second-order valence-corrected chi connectivity index (χ2v) is 4.00. The van der Waals surface area contributed by atoms with Crippen molar-refractivity contribution in [3.8, 4) is 0 Å². The summed E-state index contributed by atoms with van der Waals surface area (Å²) in [6.07, 6.45) is 0. The number of hydrogen-bond acceptors (Lipinski definition) is 3. The topological polar surface area (TPSA) is 60.2 Å². The van der Waals surface area contributed by atoms with Crippen LogP contribution in [0.15, 0.2) is 48.5 Å². The van der Waals surface area contributed by atoms with E-state index in [9.17, 15) is 14.9 Å². The molecule has 0 radical (unpaired) electrons. The van der Waals surface area contributed by atoms with Crippen LogP contribution in [0.5, 0.6) is 0 Å². The number of carbonyl (C=O) groups excluding carboxylic acids is 1. The van der Waals surface area contributed by atoms with Gasteiger partial charge in [-0.1, -0.05) is 23.8 Å². The van der Waals surface area contributed by atoms with Crippen molar-refractivity contribution in [2.75, 3.05) is 0 Å². The van der Waals surface area contributed by atoms with Gasteiger partial charge >= 0.3 is 0 Å². The van der Waals surface area contributed by atoms with E-state index in [-0.39, 0.29) is 11.5 Å². The highest BCUT2D eigenvalue weighted by Gasteiger charge is 2.11. The first-order valence-electron chi connectivity index (χ1n) is 5.44. The van der Waals surface area contributed by atoms with Crippen molar-refractivity contribution in [1.82, 2.24) is 0 Å². The summed E-state index contributed by atoms with van der Waals surface area (Å²) in [5.74, 6) is -0.131. The Labute approximate surface area is 104 Å². The van der Waals surface area contributed by atoms with Gasteiger partial charge < -0.3 is 0 Å². The van der Waals surface area contributed by atoms with Crippen LogP contribution >= 0.6 is 0 Å². The maximum Gasteiger partial charge on any atom is 0.269 e. The molecule has 0 bridgehead atoms. The molecule has 2 aromatic rings. The van der Waals surface area contributed by atoms with E-state index in [1.54, 1.807) is 12.1 Å². The van der Waals surface area contributed by atoms with Crippen LogP contribution in [0, 0.1) is 17.0 Å². The number of nitrogens with zero attached hydrogens (tertiary/aromatic N) is 1. The Hall–Kier alpha value is -2.49. The Kier molecular flexibility index (Phi) is 3.19. The third-order valence-corrected chi connectivity index (χ3v) is 2.62. The highest BCUT2D eigenvalue weighted by Crippen LogP contribution is 2.15. The normalized spacial score (nSPS) is 10.1. The molecule has 0 aliphatic carbocycles. The van der Waals surface area contributed by atoms with E-state index in [2.05, 4.69) is 0 Å². The molecular formula is C14H11NO3. The van der Waals surface area contributed by atoms with Crippen molar-refractivity contribution in [3.05, 3.63) is 75.3 Å². The van der Waals surface area contributed by atoms with Gasteiger partial charge in [0.25, 0.3) is 5.69 Å².